The van der Waals surface area contributed by atoms with Crippen LogP contribution in [0.3, 0.4) is 0 Å². The van der Waals surface area contributed by atoms with Gasteiger partial charge in [-0.2, -0.15) is 0 Å². The van der Waals surface area contributed by atoms with Crippen molar-refractivity contribution < 1.29 is 4.79 Å². The van der Waals surface area contributed by atoms with E-state index in [9.17, 15) is 4.79 Å². The highest BCUT2D eigenvalue weighted by Crippen LogP contribution is 2.20. The predicted octanol–water partition coefficient (Wildman–Crippen LogP) is 1.93. The molecule has 1 aromatic carbocycles. The SMILES string of the molecule is CC.NN1Cc2ccccc2NC1=O. The minimum Gasteiger partial charge on any atom is -0.306 e. The number of nitrogens with zero attached hydrogens (tertiary/aromatic N) is 1. The zero-order valence-corrected chi connectivity index (χ0v) is 8.45. The minimum absolute atomic E-state index is 0.256. The summed E-state index contributed by atoms with van der Waals surface area (Å²) in [5.41, 5.74) is 1.89. The van der Waals surface area contributed by atoms with E-state index < -0.39 is 0 Å². The number of rotatable bonds is 0. The van der Waals surface area contributed by atoms with E-state index in [0.717, 1.165) is 16.3 Å². The fraction of sp³-hybridized carbons (Fsp3) is 0.300. The number of anilines is 1. The maximum atomic E-state index is 11.0. The van der Waals surface area contributed by atoms with Crippen LogP contribution in [0.15, 0.2) is 24.3 Å². The first kappa shape index (κ1) is 10.5. The van der Waals surface area contributed by atoms with Gasteiger partial charge in [0.25, 0.3) is 0 Å². The zero-order chi connectivity index (χ0) is 10.6. The highest BCUT2D eigenvalue weighted by atomic mass is 16.2. The van der Waals surface area contributed by atoms with Crippen LogP contribution in [-0.2, 0) is 6.54 Å². The largest absolute Gasteiger partial charge is 0.336 e. The van der Waals surface area contributed by atoms with Gasteiger partial charge in [-0.3, -0.25) is 5.01 Å². The van der Waals surface area contributed by atoms with E-state index >= 15 is 0 Å². The third-order valence-electron chi connectivity index (χ3n) is 1.86. The summed E-state index contributed by atoms with van der Waals surface area (Å²) in [6, 6.07) is 7.35. The molecule has 76 valence electrons. The molecule has 0 saturated carbocycles. The lowest BCUT2D eigenvalue weighted by molar-refractivity contribution is 0.208. The van der Waals surface area contributed by atoms with E-state index in [2.05, 4.69) is 5.32 Å². The third kappa shape index (κ3) is 2.03. The van der Waals surface area contributed by atoms with Crippen molar-refractivity contribution >= 4 is 11.7 Å². The number of nitrogens with one attached hydrogen (secondary N) is 1. The Morgan fingerprint density at radius 1 is 1.36 bits per heavy atom. The Morgan fingerprint density at radius 2 is 2.00 bits per heavy atom. The maximum absolute atomic E-state index is 11.0. The second-order valence-electron chi connectivity index (χ2n) is 2.72. The van der Waals surface area contributed by atoms with Crippen LogP contribution >= 0.6 is 0 Å². The lowest BCUT2D eigenvalue weighted by Crippen LogP contribution is -2.43. The van der Waals surface area contributed by atoms with Gasteiger partial charge in [-0.1, -0.05) is 32.0 Å². The van der Waals surface area contributed by atoms with Crippen LogP contribution < -0.4 is 11.2 Å². The van der Waals surface area contributed by atoms with Crippen molar-refractivity contribution in [3.05, 3.63) is 29.8 Å². The van der Waals surface area contributed by atoms with Crippen molar-refractivity contribution in [3.8, 4) is 0 Å². The van der Waals surface area contributed by atoms with Crippen molar-refractivity contribution in [3.63, 3.8) is 0 Å². The van der Waals surface area contributed by atoms with Crippen molar-refractivity contribution in [1.29, 1.82) is 0 Å². The first-order valence-electron chi connectivity index (χ1n) is 4.68. The zero-order valence-electron chi connectivity index (χ0n) is 8.45. The number of benzene rings is 1. The van der Waals surface area contributed by atoms with E-state index in [-0.39, 0.29) is 6.03 Å². The molecule has 0 bridgehead atoms. The molecule has 1 heterocycles. The van der Waals surface area contributed by atoms with Crippen LogP contribution in [0.1, 0.15) is 19.4 Å². The van der Waals surface area contributed by atoms with E-state index in [4.69, 9.17) is 5.84 Å². The standard InChI is InChI=1S/C8H9N3O.C2H6/c9-11-5-6-3-1-2-4-7(6)10-8(11)12;1-2/h1-4H,5,9H2,(H,10,12);1-2H3. The van der Waals surface area contributed by atoms with Gasteiger partial charge in [-0.15, -0.1) is 0 Å². The molecule has 0 aliphatic carbocycles. The van der Waals surface area contributed by atoms with Crippen molar-refractivity contribution in [2.45, 2.75) is 20.4 Å². The third-order valence-corrected chi connectivity index (χ3v) is 1.86. The van der Waals surface area contributed by atoms with Crippen LogP contribution in [0.5, 0.6) is 0 Å². The predicted molar refractivity (Wildman–Crippen MR) is 56.5 cm³/mol. The quantitative estimate of drug-likeness (QED) is 0.488. The summed E-state index contributed by atoms with van der Waals surface area (Å²) in [6.45, 7) is 4.47. The molecule has 2 rings (SSSR count). The van der Waals surface area contributed by atoms with E-state index in [1.165, 1.54) is 0 Å². The van der Waals surface area contributed by atoms with Crippen LogP contribution in [0, 0.1) is 0 Å². The van der Waals surface area contributed by atoms with Crippen molar-refractivity contribution in [2.24, 2.45) is 5.84 Å². The average Bonchev–Trinajstić information content (AvgIpc) is 2.23. The number of carbonyl (C=O) groups is 1. The number of nitrogens with two attached hydrogens (primary N) is 1. The number of urea groups is 1. The Labute approximate surface area is 83.7 Å². The molecule has 1 aliphatic heterocycles. The molecule has 0 saturated heterocycles. The topological polar surface area (TPSA) is 58.4 Å². The Kier molecular flexibility index (Phi) is 3.48. The van der Waals surface area contributed by atoms with Gasteiger partial charge >= 0.3 is 6.03 Å². The van der Waals surface area contributed by atoms with Crippen molar-refractivity contribution in [1.82, 2.24) is 5.01 Å². The molecule has 0 fully saturated rings. The normalized spacial score (nSPS) is 13.6. The highest BCUT2D eigenvalue weighted by Gasteiger charge is 2.18. The van der Waals surface area contributed by atoms with Gasteiger partial charge < -0.3 is 5.32 Å². The summed E-state index contributed by atoms with van der Waals surface area (Å²) in [4.78, 5) is 11.0. The Morgan fingerprint density at radius 3 is 2.71 bits per heavy atom. The summed E-state index contributed by atoms with van der Waals surface area (Å²) in [5, 5.41) is 3.83. The van der Waals surface area contributed by atoms with Gasteiger partial charge in [-0.25, -0.2) is 10.6 Å². The maximum Gasteiger partial charge on any atom is 0.336 e. The summed E-state index contributed by atoms with van der Waals surface area (Å²) in [5.74, 6) is 5.41. The monoisotopic (exact) mass is 193 g/mol. The number of amides is 2. The number of fused-ring (bicyclic) bond motifs is 1. The summed E-state index contributed by atoms with van der Waals surface area (Å²) in [7, 11) is 0. The highest BCUT2D eigenvalue weighted by molar-refractivity contribution is 5.91. The molecule has 14 heavy (non-hydrogen) atoms. The number of hydrazine groups is 1. The van der Waals surface area contributed by atoms with Crippen LogP contribution in [0.25, 0.3) is 0 Å². The Balaban J connectivity index is 0.000000461. The molecule has 0 radical (unpaired) electrons. The summed E-state index contributed by atoms with van der Waals surface area (Å²) < 4.78 is 0. The van der Waals surface area contributed by atoms with E-state index in [0.29, 0.717) is 6.54 Å². The molecular formula is C10H15N3O. The second-order valence-corrected chi connectivity index (χ2v) is 2.72. The number of hydrogen-bond acceptors (Lipinski definition) is 2. The molecule has 1 aromatic rings. The van der Waals surface area contributed by atoms with Crippen LogP contribution in [0.4, 0.5) is 10.5 Å². The molecule has 0 unspecified atom stereocenters. The molecular weight excluding hydrogens is 178 g/mol. The lowest BCUT2D eigenvalue weighted by atomic mass is 10.1. The fourth-order valence-corrected chi connectivity index (χ4v) is 1.22. The summed E-state index contributed by atoms with van der Waals surface area (Å²) >= 11 is 0. The molecule has 4 heteroatoms. The smallest absolute Gasteiger partial charge is 0.306 e. The first-order valence-corrected chi connectivity index (χ1v) is 4.68. The molecule has 1 aliphatic rings. The van der Waals surface area contributed by atoms with Crippen molar-refractivity contribution in [2.75, 3.05) is 5.32 Å². The van der Waals surface area contributed by atoms with Crippen LogP contribution in [0.2, 0.25) is 0 Å². The molecule has 0 atom stereocenters. The first-order chi connectivity index (χ1) is 6.77. The van der Waals surface area contributed by atoms with Gasteiger partial charge in [0.15, 0.2) is 0 Å². The fourth-order valence-electron chi connectivity index (χ4n) is 1.22. The lowest BCUT2D eigenvalue weighted by Gasteiger charge is -2.24. The molecule has 2 amide bonds. The number of carbonyl (C=O) groups excluding carboxylic acids is 1. The van der Waals surface area contributed by atoms with E-state index in [1.807, 2.05) is 38.1 Å². The van der Waals surface area contributed by atoms with Gasteiger partial charge in [0.2, 0.25) is 0 Å². The minimum atomic E-state index is -0.256. The molecule has 0 spiro atoms. The van der Waals surface area contributed by atoms with Crippen LogP contribution in [-0.4, -0.2) is 11.0 Å². The molecule has 3 N–H and O–H groups in total. The second kappa shape index (κ2) is 4.62. The van der Waals surface area contributed by atoms with E-state index in [1.54, 1.807) is 0 Å². The number of para-hydroxylation sites is 1. The Bertz CT molecular complexity index is 325. The molecule has 0 aromatic heterocycles. The number of hydrogen-bond donors (Lipinski definition) is 2. The van der Waals surface area contributed by atoms with Gasteiger partial charge in [0, 0.05) is 5.69 Å². The Hall–Kier alpha value is -1.55. The molecule has 4 nitrogen and oxygen atoms in total. The average molecular weight is 193 g/mol. The van der Waals surface area contributed by atoms with Gasteiger partial charge in [0.05, 0.1) is 6.54 Å². The summed E-state index contributed by atoms with van der Waals surface area (Å²) in [6.07, 6.45) is 0. The van der Waals surface area contributed by atoms with Gasteiger partial charge in [-0.05, 0) is 11.6 Å². The van der Waals surface area contributed by atoms with Gasteiger partial charge in [0.1, 0.15) is 0 Å².